The Labute approximate surface area is 108 Å². The van der Waals surface area contributed by atoms with Crippen LogP contribution in [0.2, 0.25) is 0 Å². The third-order valence-electron chi connectivity index (χ3n) is 2.97. The lowest BCUT2D eigenvalue weighted by Gasteiger charge is -2.33. The number of nitrogen functional groups attached to an aromatic ring is 1. The van der Waals surface area contributed by atoms with Crippen molar-refractivity contribution in [3.8, 4) is 0 Å². The van der Waals surface area contributed by atoms with Crippen LogP contribution < -0.4 is 16.0 Å². The largest absolute Gasteiger partial charge is 0.395 e. The molecule has 2 aromatic rings. The van der Waals surface area contributed by atoms with Gasteiger partial charge in [0, 0.05) is 25.7 Å². The zero-order valence-electron chi connectivity index (χ0n) is 9.70. The first kappa shape index (κ1) is 11.6. The van der Waals surface area contributed by atoms with Gasteiger partial charge in [-0.25, -0.2) is 9.97 Å². The molecule has 0 aliphatic carbocycles. The highest BCUT2D eigenvalue weighted by molar-refractivity contribution is 7.16. The Bertz CT molecular complexity index is 558. The molecule has 1 aliphatic rings. The van der Waals surface area contributed by atoms with Gasteiger partial charge in [-0.2, -0.15) is 4.98 Å². The zero-order chi connectivity index (χ0) is 12.5. The molecule has 0 saturated carbocycles. The van der Waals surface area contributed by atoms with Crippen LogP contribution in [0, 0.1) is 0 Å². The lowest BCUT2D eigenvalue weighted by atomic mass is 10.2. The maximum atomic E-state index is 9.22. The first-order valence-electron chi connectivity index (χ1n) is 5.74. The molecule has 3 rings (SSSR count). The fourth-order valence-electron chi connectivity index (χ4n) is 2.12. The van der Waals surface area contributed by atoms with Crippen LogP contribution in [0.3, 0.4) is 0 Å². The highest BCUT2D eigenvalue weighted by Gasteiger charge is 2.22. The topological polar surface area (TPSA) is 100 Å². The van der Waals surface area contributed by atoms with Gasteiger partial charge in [0.25, 0.3) is 0 Å². The van der Waals surface area contributed by atoms with Gasteiger partial charge < -0.3 is 21.1 Å². The molecule has 4 N–H and O–H groups in total. The van der Waals surface area contributed by atoms with E-state index in [1.807, 2.05) is 0 Å². The second kappa shape index (κ2) is 4.63. The number of nitrogens with zero attached hydrogens (tertiary/aromatic N) is 4. The number of aliphatic hydroxyl groups is 1. The van der Waals surface area contributed by atoms with E-state index >= 15 is 0 Å². The normalized spacial score (nSPS) is 20.5. The zero-order valence-corrected chi connectivity index (χ0v) is 10.5. The average Bonchev–Trinajstić information content (AvgIpc) is 2.85. The Morgan fingerprint density at radius 3 is 3.28 bits per heavy atom. The molecular formula is C10H14N6OS. The average molecular weight is 266 g/mol. The monoisotopic (exact) mass is 266 g/mol. The van der Waals surface area contributed by atoms with Crippen LogP contribution in [-0.2, 0) is 0 Å². The molecule has 2 aromatic heterocycles. The van der Waals surface area contributed by atoms with E-state index in [2.05, 4.69) is 25.2 Å². The van der Waals surface area contributed by atoms with E-state index in [4.69, 9.17) is 5.73 Å². The van der Waals surface area contributed by atoms with Crippen LogP contribution in [-0.4, -0.2) is 52.3 Å². The van der Waals surface area contributed by atoms with Gasteiger partial charge in [-0.15, -0.1) is 11.3 Å². The molecule has 7 nitrogen and oxygen atoms in total. The van der Waals surface area contributed by atoms with Crippen molar-refractivity contribution < 1.29 is 5.11 Å². The molecule has 8 heteroatoms. The number of fused-ring (bicyclic) bond motifs is 1. The fourth-order valence-corrected chi connectivity index (χ4v) is 2.78. The summed E-state index contributed by atoms with van der Waals surface area (Å²) in [4.78, 5) is 15.7. The molecule has 0 bridgehead atoms. The summed E-state index contributed by atoms with van der Waals surface area (Å²) in [5, 5.41) is 12.5. The van der Waals surface area contributed by atoms with E-state index in [0.717, 1.165) is 29.3 Å². The summed E-state index contributed by atoms with van der Waals surface area (Å²) in [5.74, 6) is 1.03. The van der Waals surface area contributed by atoms with Crippen molar-refractivity contribution in [2.75, 3.05) is 36.9 Å². The molecule has 3 heterocycles. The second-order valence-electron chi connectivity index (χ2n) is 4.19. The number of nitrogens with two attached hydrogens (primary N) is 1. The van der Waals surface area contributed by atoms with Crippen LogP contribution >= 0.6 is 11.3 Å². The second-order valence-corrected chi connectivity index (χ2v) is 5.02. The SMILES string of the molecule is Nc1nc(N2CCN[C@@H](CO)C2)c2ncsc2n1. The maximum Gasteiger partial charge on any atom is 0.223 e. The number of thiazole rings is 1. The maximum absolute atomic E-state index is 9.22. The lowest BCUT2D eigenvalue weighted by molar-refractivity contribution is 0.235. The summed E-state index contributed by atoms with van der Waals surface area (Å²) in [6.07, 6.45) is 0. The molecule has 0 aromatic carbocycles. The number of nitrogens with one attached hydrogen (secondary N) is 1. The van der Waals surface area contributed by atoms with Crippen LogP contribution in [0.15, 0.2) is 5.51 Å². The molecule has 0 amide bonds. The van der Waals surface area contributed by atoms with Gasteiger partial charge in [-0.1, -0.05) is 0 Å². The molecule has 1 saturated heterocycles. The number of rotatable bonds is 2. The Hall–Kier alpha value is -1.51. The van der Waals surface area contributed by atoms with Crippen molar-refractivity contribution in [3.05, 3.63) is 5.51 Å². The van der Waals surface area contributed by atoms with Crippen LogP contribution in [0.25, 0.3) is 10.3 Å². The third kappa shape index (κ3) is 1.98. The number of anilines is 2. The number of piperazine rings is 1. The predicted molar refractivity (Wildman–Crippen MR) is 70.7 cm³/mol. The first-order valence-corrected chi connectivity index (χ1v) is 6.62. The van der Waals surface area contributed by atoms with Gasteiger partial charge in [-0.05, 0) is 0 Å². The van der Waals surface area contributed by atoms with Gasteiger partial charge in [-0.3, -0.25) is 0 Å². The molecular weight excluding hydrogens is 252 g/mol. The van der Waals surface area contributed by atoms with Gasteiger partial charge in [0.05, 0.1) is 12.1 Å². The minimum absolute atomic E-state index is 0.0589. The summed E-state index contributed by atoms with van der Waals surface area (Å²) < 4.78 is 0. The highest BCUT2D eigenvalue weighted by atomic mass is 32.1. The van der Waals surface area contributed by atoms with Crippen molar-refractivity contribution >= 4 is 33.5 Å². The summed E-state index contributed by atoms with van der Waals surface area (Å²) in [5.41, 5.74) is 8.25. The van der Waals surface area contributed by atoms with Gasteiger partial charge in [0.1, 0.15) is 5.52 Å². The number of hydrogen-bond acceptors (Lipinski definition) is 8. The standard InChI is InChI=1S/C10H14N6OS/c11-10-14-8(7-9(15-10)18-5-13-7)16-2-1-12-6(3-16)4-17/h5-6,12,17H,1-4H2,(H2,11,14,15)/t6-/m1/s1. The predicted octanol–water partition coefficient (Wildman–Crippen LogP) is -0.561. The van der Waals surface area contributed by atoms with Gasteiger partial charge in [0.2, 0.25) is 5.95 Å². The van der Waals surface area contributed by atoms with E-state index in [9.17, 15) is 5.11 Å². The van der Waals surface area contributed by atoms with E-state index in [-0.39, 0.29) is 18.6 Å². The minimum atomic E-state index is 0.0589. The fraction of sp³-hybridized carbons (Fsp3) is 0.500. The highest BCUT2D eigenvalue weighted by Crippen LogP contribution is 2.26. The van der Waals surface area contributed by atoms with E-state index in [1.165, 1.54) is 11.3 Å². The van der Waals surface area contributed by atoms with Crippen LogP contribution in [0.4, 0.5) is 11.8 Å². The molecule has 96 valence electrons. The number of hydrogen-bond donors (Lipinski definition) is 3. The van der Waals surface area contributed by atoms with Crippen LogP contribution in [0.1, 0.15) is 0 Å². The molecule has 0 radical (unpaired) electrons. The molecule has 18 heavy (non-hydrogen) atoms. The minimum Gasteiger partial charge on any atom is -0.395 e. The van der Waals surface area contributed by atoms with E-state index in [0.29, 0.717) is 6.54 Å². The molecule has 0 unspecified atom stereocenters. The van der Waals surface area contributed by atoms with E-state index < -0.39 is 0 Å². The Morgan fingerprint density at radius 2 is 2.44 bits per heavy atom. The van der Waals surface area contributed by atoms with Gasteiger partial charge in [0.15, 0.2) is 10.6 Å². The van der Waals surface area contributed by atoms with Crippen molar-refractivity contribution in [1.82, 2.24) is 20.3 Å². The molecule has 1 atom stereocenters. The Balaban J connectivity index is 2.00. The molecule has 0 spiro atoms. The van der Waals surface area contributed by atoms with Gasteiger partial charge >= 0.3 is 0 Å². The summed E-state index contributed by atoms with van der Waals surface area (Å²) in [7, 11) is 0. The molecule has 1 fully saturated rings. The molecule has 1 aliphatic heterocycles. The Kier molecular flexibility index (Phi) is 2.98. The quantitative estimate of drug-likeness (QED) is 0.670. The smallest absolute Gasteiger partial charge is 0.223 e. The summed E-state index contributed by atoms with van der Waals surface area (Å²) in [6, 6.07) is 0.0589. The van der Waals surface area contributed by atoms with Crippen molar-refractivity contribution in [2.24, 2.45) is 0 Å². The first-order chi connectivity index (χ1) is 8.78. The Morgan fingerprint density at radius 1 is 1.56 bits per heavy atom. The summed E-state index contributed by atoms with van der Waals surface area (Å²) >= 11 is 1.45. The summed E-state index contributed by atoms with van der Waals surface area (Å²) in [6.45, 7) is 2.43. The number of aromatic nitrogens is 3. The van der Waals surface area contributed by atoms with Crippen molar-refractivity contribution in [2.45, 2.75) is 6.04 Å². The van der Waals surface area contributed by atoms with E-state index in [1.54, 1.807) is 5.51 Å². The van der Waals surface area contributed by atoms with Crippen LogP contribution in [0.5, 0.6) is 0 Å². The number of aliphatic hydroxyl groups excluding tert-OH is 1. The third-order valence-corrected chi connectivity index (χ3v) is 3.69. The van der Waals surface area contributed by atoms with Crippen molar-refractivity contribution in [1.29, 1.82) is 0 Å². The lowest BCUT2D eigenvalue weighted by Crippen LogP contribution is -2.52. The van der Waals surface area contributed by atoms with Crippen molar-refractivity contribution in [3.63, 3.8) is 0 Å².